The first-order valence-electron chi connectivity index (χ1n) is 28.9. The highest BCUT2D eigenvalue weighted by atomic mass is 16.7. The molecule has 1 rings (SSSR count). The molecule has 0 aromatic carbocycles. The summed E-state index contributed by atoms with van der Waals surface area (Å²) in [5.41, 5.74) is 0. The lowest BCUT2D eigenvalue weighted by Crippen LogP contribution is -2.60. The molecule has 7 atom stereocenters. The van der Waals surface area contributed by atoms with Crippen molar-refractivity contribution in [3.63, 3.8) is 0 Å². The highest BCUT2D eigenvalue weighted by Crippen LogP contribution is 2.23. The first-order valence-corrected chi connectivity index (χ1v) is 28.9. The quantitative estimate of drug-likeness (QED) is 0.0196. The van der Waals surface area contributed by atoms with Gasteiger partial charge in [0, 0.05) is 12.8 Å². The molecule has 1 fully saturated rings. The Hall–Kier alpha value is -2.38. The van der Waals surface area contributed by atoms with Crippen LogP contribution in [0.4, 0.5) is 0 Å². The molecule has 0 aliphatic carbocycles. The topological polar surface area (TPSA) is 175 Å². The third-order valence-corrected chi connectivity index (χ3v) is 13.4. The van der Waals surface area contributed by atoms with Gasteiger partial charge < -0.3 is 45.1 Å². The average molecular weight is 991 g/mol. The van der Waals surface area contributed by atoms with Crippen molar-refractivity contribution in [2.45, 2.75) is 294 Å². The van der Waals surface area contributed by atoms with E-state index in [9.17, 15) is 35.1 Å². The first kappa shape index (κ1) is 65.6. The van der Waals surface area contributed by atoms with Gasteiger partial charge in [0.05, 0.1) is 32.0 Å². The molecule has 1 saturated heterocycles. The van der Waals surface area contributed by atoms with Crippen molar-refractivity contribution < 1.29 is 49.3 Å². The first-order chi connectivity index (χ1) is 34.2. The fourth-order valence-corrected chi connectivity index (χ4v) is 8.72. The summed E-state index contributed by atoms with van der Waals surface area (Å²) in [4.78, 5) is 25.0. The van der Waals surface area contributed by atoms with E-state index < -0.39 is 49.5 Å². The normalized spacial score (nSPS) is 19.6. The van der Waals surface area contributed by atoms with E-state index in [0.717, 1.165) is 89.9 Å². The van der Waals surface area contributed by atoms with Crippen molar-refractivity contribution in [2.24, 2.45) is 0 Å². The van der Waals surface area contributed by atoms with Crippen molar-refractivity contribution >= 4 is 11.9 Å². The van der Waals surface area contributed by atoms with Crippen LogP contribution in [0.25, 0.3) is 0 Å². The van der Waals surface area contributed by atoms with Gasteiger partial charge in [-0.2, -0.15) is 0 Å². The van der Waals surface area contributed by atoms with Gasteiger partial charge in [0.1, 0.15) is 24.4 Å². The molecule has 0 aromatic heterocycles. The summed E-state index contributed by atoms with van der Waals surface area (Å²) in [5.74, 6) is -0.243. The Morgan fingerprint density at radius 3 is 1.46 bits per heavy atom. The van der Waals surface area contributed by atoms with Crippen LogP contribution in [0.3, 0.4) is 0 Å². The number of carbonyl (C=O) groups is 2. The molecule has 1 aliphatic rings. The zero-order chi connectivity index (χ0) is 51.0. The van der Waals surface area contributed by atoms with Crippen molar-refractivity contribution in [1.29, 1.82) is 0 Å². The van der Waals surface area contributed by atoms with E-state index in [1.54, 1.807) is 6.08 Å². The van der Waals surface area contributed by atoms with Gasteiger partial charge in [-0.1, -0.05) is 197 Å². The molecule has 0 saturated carbocycles. The summed E-state index contributed by atoms with van der Waals surface area (Å²) >= 11 is 0. The Bertz CT molecular complexity index is 1300. The molecule has 70 heavy (non-hydrogen) atoms. The molecule has 0 radical (unpaired) electrons. The van der Waals surface area contributed by atoms with Crippen LogP contribution in [0.1, 0.15) is 251 Å². The van der Waals surface area contributed by atoms with Crippen LogP contribution in [0.5, 0.6) is 0 Å². The average Bonchev–Trinajstić information content (AvgIpc) is 3.36. The third kappa shape index (κ3) is 38.3. The van der Waals surface area contributed by atoms with Crippen LogP contribution in [0.15, 0.2) is 48.6 Å². The van der Waals surface area contributed by atoms with Gasteiger partial charge in [0.25, 0.3) is 0 Å². The SMILES string of the molecule is CCCC/C=C\CCCCCCCC(=O)OCCCCCCCCC/C=C\CCCCCCCC(=O)NC(COC1OC(CO)C(O)C(O)C1O)C(O)/C=C/CC/C=C/CCCCCCCCCCC. The van der Waals surface area contributed by atoms with Gasteiger partial charge in [0.2, 0.25) is 5.91 Å². The standard InChI is InChI=1S/C59H107NO10/c1-3-5-7-9-11-13-15-16-19-22-26-29-33-37-41-45-52(62)51(50-69-59-58(67)57(66)56(65)53(49-61)70-59)60-54(63)46-42-38-34-30-27-23-20-17-18-21-24-28-32-36-40-44-48-68-55(64)47-43-39-35-31-25-14-12-10-8-6-4-2/h10,12,17,20,26,29,41,45,51-53,56-59,61-62,65-67H,3-9,11,13-16,18-19,21-25,27-28,30-40,42-44,46-50H2,1-2H3,(H,60,63)/b12-10-,20-17-,29-26+,45-41+. The van der Waals surface area contributed by atoms with Gasteiger partial charge in [-0.15, -0.1) is 0 Å². The predicted octanol–water partition coefficient (Wildman–Crippen LogP) is 12.9. The zero-order valence-corrected chi connectivity index (χ0v) is 44.7. The number of amides is 1. The minimum atomic E-state index is -1.58. The Labute approximate surface area is 427 Å². The lowest BCUT2D eigenvalue weighted by atomic mass is 9.99. The second kappa shape index (κ2) is 48.9. The minimum Gasteiger partial charge on any atom is -0.466 e. The van der Waals surface area contributed by atoms with Crippen LogP contribution < -0.4 is 5.32 Å². The van der Waals surface area contributed by atoms with E-state index >= 15 is 0 Å². The number of aliphatic hydroxyl groups excluding tert-OH is 5. The molecule has 6 N–H and O–H groups in total. The fraction of sp³-hybridized carbons (Fsp3) is 0.831. The van der Waals surface area contributed by atoms with Crippen LogP contribution in [0.2, 0.25) is 0 Å². The number of aliphatic hydroxyl groups is 5. The molecular weight excluding hydrogens is 883 g/mol. The number of nitrogens with one attached hydrogen (secondary N) is 1. The number of rotatable bonds is 49. The van der Waals surface area contributed by atoms with E-state index in [4.69, 9.17) is 14.2 Å². The summed E-state index contributed by atoms with van der Waals surface area (Å²) in [6, 6.07) is -0.841. The Morgan fingerprint density at radius 2 is 0.943 bits per heavy atom. The third-order valence-electron chi connectivity index (χ3n) is 13.4. The predicted molar refractivity (Wildman–Crippen MR) is 287 cm³/mol. The van der Waals surface area contributed by atoms with Gasteiger partial charge in [-0.05, 0) is 89.9 Å². The molecule has 0 bridgehead atoms. The molecule has 0 aromatic rings. The molecule has 7 unspecified atom stereocenters. The number of unbranched alkanes of at least 4 members (excludes halogenated alkanes) is 29. The van der Waals surface area contributed by atoms with Crippen molar-refractivity contribution in [1.82, 2.24) is 5.32 Å². The largest absolute Gasteiger partial charge is 0.466 e. The minimum absolute atomic E-state index is 0.0332. The molecule has 11 heteroatoms. The molecule has 1 heterocycles. The fourth-order valence-electron chi connectivity index (χ4n) is 8.72. The lowest BCUT2D eigenvalue weighted by Gasteiger charge is -2.40. The lowest BCUT2D eigenvalue weighted by molar-refractivity contribution is -0.302. The van der Waals surface area contributed by atoms with Crippen LogP contribution in [-0.2, 0) is 23.8 Å². The molecule has 1 amide bonds. The summed E-state index contributed by atoms with van der Waals surface area (Å²) in [6.07, 6.45) is 50.4. The number of ether oxygens (including phenoxy) is 3. The Kier molecular flexibility index (Phi) is 45.8. The zero-order valence-electron chi connectivity index (χ0n) is 44.7. The maximum Gasteiger partial charge on any atom is 0.305 e. The summed E-state index contributed by atoms with van der Waals surface area (Å²) < 4.78 is 16.7. The number of hydrogen-bond acceptors (Lipinski definition) is 10. The highest BCUT2D eigenvalue weighted by molar-refractivity contribution is 5.76. The van der Waals surface area contributed by atoms with E-state index in [-0.39, 0.29) is 18.5 Å². The maximum atomic E-state index is 13.0. The number of carbonyl (C=O) groups excluding carboxylic acids is 2. The van der Waals surface area contributed by atoms with Crippen molar-refractivity contribution in [3.8, 4) is 0 Å². The maximum absolute atomic E-state index is 13.0. The Morgan fingerprint density at radius 1 is 0.514 bits per heavy atom. The molecule has 0 spiro atoms. The molecular formula is C59H107NO10. The van der Waals surface area contributed by atoms with Crippen LogP contribution >= 0.6 is 0 Å². The van der Waals surface area contributed by atoms with E-state index in [1.807, 2.05) is 6.08 Å². The van der Waals surface area contributed by atoms with E-state index in [1.165, 1.54) is 135 Å². The second-order valence-electron chi connectivity index (χ2n) is 20.0. The highest BCUT2D eigenvalue weighted by Gasteiger charge is 2.44. The number of allylic oxidation sites excluding steroid dienone is 7. The molecule has 408 valence electrons. The van der Waals surface area contributed by atoms with Crippen molar-refractivity contribution in [3.05, 3.63) is 48.6 Å². The molecule has 1 aliphatic heterocycles. The Balaban J connectivity index is 2.19. The summed E-state index contributed by atoms with van der Waals surface area (Å²) in [5, 5.41) is 54.4. The molecule has 11 nitrogen and oxygen atoms in total. The number of hydrogen-bond donors (Lipinski definition) is 6. The smallest absolute Gasteiger partial charge is 0.305 e. The second-order valence-corrected chi connectivity index (χ2v) is 20.0. The summed E-state index contributed by atoms with van der Waals surface area (Å²) in [7, 11) is 0. The monoisotopic (exact) mass is 990 g/mol. The van der Waals surface area contributed by atoms with Gasteiger partial charge in [-0.25, -0.2) is 0 Å². The van der Waals surface area contributed by atoms with Gasteiger partial charge in [-0.3, -0.25) is 9.59 Å². The van der Waals surface area contributed by atoms with E-state index in [2.05, 4.69) is 55.6 Å². The van der Waals surface area contributed by atoms with Crippen LogP contribution in [0, 0.1) is 0 Å². The van der Waals surface area contributed by atoms with Crippen LogP contribution in [-0.4, -0.2) is 100 Å². The van der Waals surface area contributed by atoms with Crippen molar-refractivity contribution in [2.75, 3.05) is 19.8 Å². The van der Waals surface area contributed by atoms with E-state index in [0.29, 0.717) is 19.4 Å². The van der Waals surface area contributed by atoms with Gasteiger partial charge >= 0.3 is 5.97 Å². The number of esters is 1. The summed E-state index contributed by atoms with van der Waals surface area (Å²) in [6.45, 7) is 4.25. The van der Waals surface area contributed by atoms with Gasteiger partial charge in [0.15, 0.2) is 6.29 Å².